The van der Waals surface area contributed by atoms with Gasteiger partial charge in [0.1, 0.15) is 34.9 Å². The molecule has 7 nitrogen and oxygen atoms in total. The number of halogens is 1. The first-order chi connectivity index (χ1) is 11.0. The van der Waals surface area contributed by atoms with E-state index >= 15 is 0 Å². The van der Waals surface area contributed by atoms with E-state index in [1.165, 1.54) is 18.2 Å². The summed E-state index contributed by atoms with van der Waals surface area (Å²) in [5.74, 6) is -2.24. The number of ether oxygens (including phenoxy) is 1. The second-order valence-electron chi connectivity index (χ2n) is 4.38. The van der Waals surface area contributed by atoms with E-state index in [2.05, 4.69) is 9.72 Å². The predicted octanol–water partition coefficient (Wildman–Crippen LogP) is 1.29. The van der Waals surface area contributed by atoms with E-state index in [1.807, 2.05) is 0 Å². The van der Waals surface area contributed by atoms with Crippen LogP contribution in [-0.4, -0.2) is 18.1 Å². The van der Waals surface area contributed by atoms with E-state index < -0.39 is 28.5 Å². The number of nitrogens with two attached hydrogens (primary N) is 1. The Bertz CT molecular complexity index is 951. The van der Waals surface area contributed by atoms with Crippen LogP contribution >= 0.6 is 0 Å². The molecule has 8 heteroatoms. The van der Waals surface area contributed by atoms with Gasteiger partial charge in [0.15, 0.2) is 0 Å². The number of anilines is 1. The summed E-state index contributed by atoms with van der Waals surface area (Å²) in [5.41, 5.74) is 3.05. The maximum Gasteiger partial charge on any atom is 0.340 e. The molecule has 1 aromatic carbocycles. The summed E-state index contributed by atoms with van der Waals surface area (Å²) in [7, 11) is 1.08. The number of H-pyrrole nitrogens is 1. The van der Waals surface area contributed by atoms with Gasteiger partial charge in [-0.2, -0.15) is 10.5 Å². The number of esters is 1. The highest BCUT2D eigenvalue weighted by atomic mass is 19.1. The molecule has 0 saturated carbocycles. The van der Waals surface area contributed by atoms with Crippen molar-refractivity contribution in [1.82, 2.24) is 4.98 Å². The van der Waals surface area contributed by atoms with Gasteiger partial charge in [0, 0.05) is 11.1 Å². The van der Waals surface area contributed by atoms with Crippen LogP contribution in [0, 0.1) is 28.5 Å². The van der Waals surface area contributed by atoms with Gasteiger partial charge in [-0.1, -0.05) is 12.1 Å². The SMILES string of the molecule is COC(=O)c1cccc(-c2c(C#N)c(N)[nH]c(=O)c2C#N)c1F. The Morgan fingerprint density at radius 1 is 1.30 bits per heavy atom. The molecule has 114 valence electrons. The van der Waals surface area contributed by atoms with Crippen LogP contribution in [0.4, 0.5) is 10.2 Å². The average Bonchev–Trinajstić information content (AvgIpc) is 2.54. The maximum atomic E-state index is 14.6. The van der Waals surface area contributed by atoms with E-state index in [0.717, 1.165) is 7.11 Å². The molecule has 3 N–H and O–H groups in total. The number of nitrogens with zero attached hydrogens (tertiary/aromatic N) is 2. The molecule has 0 aliphatic heterocycles. The summed E-state index contributed by atoms with van der Waals surface area (Å²) in [4.78, 5) is 25.6. The number of pyridine rings is 1. The zero-order valence-corrected chi connectivity index (χ0v) is 11.8. The minimum Gasteiger partial charge on any atom is -0.465 e. The molecule has 0 fully saturated rings. The van der Waals surface area contributed by atoms with Gasteiger partial charge in [-0.15, -0.1) is 0 Å². The molecule has 0 amide bonds. The van der Waals surface area contributed by atoms with Crippen molar-refractivity contribution >= 4 is 11.8 Å². The molecule has 0 saturated heterocycles. The van der Waals surface area contributed by atoms with Gasteiger partial charge in [0.25, 0.3) is 5.56 Å². The second-order valence-corrected chi connectivity index (χ2v) is 4.38. The number of carbonyl (C=O) groups excluding carboxylic acids is 1. The number of aromatic nitrogens is 1. The quantitative estimate of drug-likeness (QED) is 0.803. The van der Waals surface area contributed by atoms with E-state index in [-0.39, 0.29) is 22.5 Å². The van der Waals surface area contributed by atoms with Gasteiger partial charge in [-0.05, 0) is 6.07 Å². The Balaban J connectivity index is 2.94. The third-order valence-corrected chi connectivity index (χ3v) is 3.14. The molecule has 1 aromatic heterocycles. The highest BCUT2D eigenvalue weighted by Gasteiger charge is 2.23. The van der Waals surface area contributed by atoms with Crippen LogP contribution in [-0.2, 0) is 4.74 Å². The van der Waals surface area contributed by atoms with Crippen LogP contribution in [0.15, 0.2) is 23.0 Å². The number of nitrogens with one attached hydrogen (secondary N) is 1. The zero-order chi connectivity index (χ0) is 17.1. The fourth-order valence-corrected chi connectivity index (χ4v) is 2.11. The lowest BCUT2D eigenvalue weighted by molar-refractivity contribution is 0.0595. The molecular weight excluding hydrogens is 303 g/mol. The Labute approximate surface area is 129 Å². The topological polar surface area (TPSA) is 133 Å². The third-order valence-electron chi connectivity index (χ3n) is 3.14. The Morgan fingerprint density at radius 3 is 2.52 bits per heavy atom. The highest BCUT2D eigenvalue weighted by Crippen LogP contribution is 2.31. The van der Waals surface area contributed by atoms with Gasteiger partial charge in [-0.3, -0.25) is 4.79 Å². The van der Waals surface area contributed by atoms with E-state index in [4.69, 9.17) is 11.0 Å². The van der Waals surface area contributed by atoms with Crippen molar-refractivity contribution in [2.24, 2.45) is 0 Å². The Morgan fingerprint density at radius 2 is 1.96 bits per heavy atom. The molecule has 0 atom stereocenters. The average molecular weight is 312 g/mol. The van der Waals surface area contributed by atoms with Crippen molar-refractivity contribution in [1.29, 1.82) is 10.5 Å². The Hall–Kier alpha value is -3.65. The number of nitriles is 2. The van der Waals surface area contributed by atoms with Crippen molar-refractivity contribution in [3.63, 3.8) is 0 Å². The summed E-state index contributed by atoms with van der Waals surface area (Å²) in [5, 5.41) is 18.4. The van der Waals surface area contributed by atoms with Crippen molar-refractivity contribution in [3.05, 3.63) is 51.1 Å². The largest absolute Gasteiger partial charge is 0.465 e. The normalized spacial score (nSPS) is 9.74. The van der Waals surface area contributed by atoms with Gasteiger partial charge in [0.05, 0.1) is 12.7 Å². The molecule has 0 spiro atoms. The van der Waals surface area contributed by atoms with Crippen LogP contribution in [0.2, 0.25) is 0 Å². The van der Waals surface area contributed by atoms with Crippen molar-refractivity contribution in [2.45, 2.75) is 0 Å². The fraction of sp³-hybridized carbons (Fsp3) is 0.0667. The van der Waals surface area contributed by atoms with Crippen LogP contribution in [0.25, 0.3) is 11.1 Å². The first-order valence-electron chi connectivity index (χ1n) is 6.19. The lowest BCUT2D eigenvalue weighted by Gasteiger charge is -2.11. The number of rotatable bonds is 2. The molecule has 0 aliphatic rings. The lowest BCUT2D eigenvalue weighted by atomic mass is 9.94. The number of nitrogen functional groups attached to an aromatic ring is 1. The fourth-order valence-electron chi connectivity index (χ4n) is 2.11. The standard InChI is InChI=1S/C15H9FN4O3/c1-23-15(22)8-4-2-3-7(12(8)16)11-9(5-17)13(19)20-14(21)10(11)6-18/h2-4H,1H3,(H3,19,20,21). The molecule has 0 unspecified atom stereocenters. The second kappa shape index (κ2) is 6.00. The van der Waals surface area contributed by atoms with E-state index in [9.17, 15) is 19.2 Å². The number of aromatic amines is 1. The number of hydrogen-bond acceptors (Lipinski definition) is 6. The van der Waals surface area contributed by atoms with Gasteiger partial charge in [0.2, 0.25) is 0 Å². The zero-order valence-electron chi connectivity index (χ0n) is 11.8. The molecule has 0 bridgehead atoms. The number of methoxy groups -OCH3 is 1. The molecule has 1 heterocycles. The summed E-state index contributed by atoms with van der Waals surface area (Å²) < 4.78 is 19.1. The Kier molecular flexibility index (Phi) is 4.10. The smallest absolute Gasteiger partial charge is 0.340 e. The maximum absolute atomic E-state index is 14.6. The molecule has 0 aliphatic carbocycles. The van der Waals surface area contributed by atoms with Gasteiger partial charge in [-0.25, -0.2) is 9.18 Å². The van der Waals surface area contributed by atoms with Crippen LogP contribution in [0.1, 0.15) is 21.5 Å². The lowest BCUT2D eigenvalue weighted by Crippen LogP contribution is -2.17. The minimum atomic E-state index is -1.02. The number of benzene rings is 1. The summed E-state index contributed by atoms with van der Waals surface area (Å²) >= 11 is 0. The first kappa shape index (κ1) is 15.7. The van der Waals surface area contributed by atoms with Crippen molar-refractivity contribution in [2.75, 3.05) is 12.8 Å². The third kappa shape index (κ3) is 2.49. The monoisotopic (exact) mass is 312 g/mol. The van der Waals surface area contributed by atoms with Crippen LogP contribution in [0.5, 0.6) is 0 Å². The highest BCUT2D eigenvalue weighted by molar-refractivity contribution is 5.92. The van der Waals surface area contributed by atoms with Crippen LogP contribution < -0.4 is 11.3 Å². The number of hydrogen-bond donors (Lipinski definition) is 2. The molecular formula is C15H9FN4O3. The summed E-state index contributed by atoms with van der Waals surface area (Å²) in [6.45, 7) is 0. The van der Waals surface area contributed by atoms with Gasteiger partial charge >= 0.3 is 5.97 Å². The predicted molar refractivity (Wildman–Crippen MR) is 77.6 cm³/mol. The first-order valence-corrected chi connectivity index (χ1v) is 6.19. The number of carbonyl (C=O) groups is 1. The van der Waals surface area contributed by atoms with E-state index in [0.29, 0.717) is 0 Å². The minimum absolute atomic E-state index is 0.262. The molecule has 2 aromatic rings. The van der Waals surface area contributed by atoms with Crippen LogP contribution in [0.3, 0.4) is 0 Å². The molecule has 2 rings (SSSR count). The van der Waals surface area contributed by atoms with Gasteiger partial charge < -0.3 is 15.5 Å². The summed E-state index contributed by atoms with van der Waals surface area (Å²) in [6, 6.07) is 7.10. The molecule has 0 radical (unpaired) electrons. The molecule has 23 heavy (non-hydrogen) atoms. The summed E-state index contributed by atoms with van der Waals surface area (Å²) in [6.07, 6.45) is 0. The van der Waals surface area contributed by atoms with Crippen molar-refractivity contribution in [3.8, 4) is 23.3 Å². The van der Waals surface area contributed by atoms with E-state index in [1.54, 1.807) is 12.1 Å². The van der Waals surface area contributed by atoms with Crippen molar-refractivity contribution < 1.29 is 13.9 Å².